The molecule has 0 radical (unpaired) electrons. The number of carbonyl (C=O) groups excluding carboxylic acids is 1. The highest BCUT2D eigenvalue weighted by molar-refractivity contribution is 5.98. The van der Waals surface area contributed by atoms with Crippen LogP contribution in [0.2, 0.25) is 0 Å². The van der Waals surface area contributed by atoms with Crippen LogP contribution in [0, 0.1) is 6.92 Å². The van der Waals surface area contributed by atoms with E-state index in [-0.39, 0.29) is 11.5 Å². The van der Waals surface area contributed by atoms with Crippen molar-refractivity contribution in [2.45, 2.75) is 26.8 Å². The number of fused-ring (bicyclic) bond motifs is 1. The van der Waals surface area contributed by atoms with E-state index < -0.39 is 5.97 Å². The third kappa shape index (κ3) is 2.01. The van der Waals surface area contributed by atoms with Crippen LogP contribution < -0.4 is 0 Å². The SMILES string of the molecule is CC(=O)CCn1c(C(=O)O)c(C)c2ccccc21. The molecule has 0 aliphatic rings. The molecule has 0 amide bonds. The number of carboxylic acids is 1. The lowest BCUT2D eigenvalue weighted by Crippen LogP contribution is -2.11. The summed E-state index contributed by atoms with van der Waals surface area (Å²) in [6.07, 6.45) is 0.346. The second-order valence-electron chi connectivity index (χ2n) is 4.40. The Bertz CT molecular complexity index is 625. The van der Waals surface area contributed by atoms with Gasteiger partial charge in [0.15, 0.2) is 0 Å². The number of benzene rings is 1. The number of hydrogen-bond acceptors (Lipinski definition) is 2. The maximum Gasteiger partial charge on any atom is 0.352 e. The highest BCUT2D eigenvalue weighted by Crippen LogP contribution is 2.25. The summed E-state index contributed by atoms with van der Waals surface area (Å²) in [7, 11) is 0. The van der Waals surface area contributed by atoms with Gasteiger partial charge in [-0.2, -0.15) is 0 Å². The molecule has 0 bridgehead atoms. The van der Waals surface area contributed by atoms with Crippen molar-refractivity contribution in [2.24, 2.45) is 0 Å². The number of rotatable bonds is 4. The van der Waals surface area contributed by atoms with Crippen molar-refractivity contribution in [1.82, 2.24) is 4.57 Å². The zero-order chi connectivity index (χ0) is 13.3. The molecule has 4 nitrogen and oxygen atoms in total. The maximum absolute atomic E-state index is 11.4. The van der Waals surface area contributed by atoms with Crippen molar-refractivity contribution in [3.8, 4) is 0 Å². The summed E-state index contributed by atoms with van der Waals surface area (Å²) in [5, 5.41) is 10.2. The van der Waals surface area contributed by atoms with Gasteiger partial charge >= 0.3 is 5.97 Å². The third-order valence-corrected chi connectivity index (χ3v) is 3.11. The third-order valence-electron chi connectivity index (χ3n) is 3.11. The summed E-state index contributed by atoms with van der Waals surface area (Å²) in [5.41, 5.74) is 1.90. The van der Waals surface area contributed by atoms with Crippen molar-refractivity contribution in [1.29, 1.82) is 0 Å². The van der Waals surface area contributed by atoms with Gasteiger partial charge in [0.1, 0.15) is 11.5 Å². The van der Waals surface area contributed by atoms with Crippen LogP contribution in [0.4, 0.5) is 0 Å². The van der Waals surface area contributed by atoms with Crippen LogP contribution in [-0.2, 0) is 11.3 Å². The summed E-state index contributed by atoms with van der Waals surface area (Å²) in [4.78, 5) is 22.4. The molecule has 1 aromatic heterocycles. The van der Waals surface area contributed by atoms with Crippen molar-refractivity contribution < 1.29 is 14.7 Å². The van der Waals surface area contributed by atoms with Crippen molar-refractivity contribution in [3.05, 3.63) is 35.5 Å². The van der Waals surface area contributed by atoms with Crippen LogP contribution in [-0.4, -0.2) is 21.4 Å². The Kier molecular flexibility index (Phi) is 3.19. The molecule has 0 saturated heterocycles. The molecule has 0 saturated carbocycles. The molecule has 0 spiro atoms. The van der Waals surface area contributed by atoms with Gasteiger partial charge in [-0.15, -0.1) is 0 Å². The number of aryl methyl sites for hydroxylation is 2. The largest absolute Gasteiger partial charge is 0.477 e. The van der Waals surface area contributed by atoms with Crippen LogP contribution in [0.5, 0.6) is 0 Å². The number of para-hydroxylation sites is 1. The fourth-order valence-corrected chi connectivity index (χ4v) is 2.25. The number of nitrogens with zero attached hydrogens (tertiary/aromatic N) is 1. The van der Waals surface area contributed by atoms with Gasteiger partial charge in [0, 0.05) is 23.9 Å². The summed E-state index contributed by atoms with van der Waals surface area (Å²) in [6.45, 7) is 3.72. The Balaban J connectivity index is 2.63. The summed E-state index contributed by atoms with van der Waals surface area (Å²) < 4.78 is 1.72. The number of Topliss-reactive ketones (excluding diaryl/α,β-unsaturated/α-hetero) is 1. The molecule has 0 aliphatic carbocycles. The zero-order valence-electron chi connectivity index (χ0n) is 10.4. The molecule has 2 rings (SSSR count). The molecule has 0 aliphatic heterocycles. The maximum atomic E-state index is 11.4. The fraction of sp³-hybridized carbons (Fsp3) is 0.286. The van der Waals surface area contributed by atoms with E-state index in [2.05, 4.69) is 0 Å². The second kappa shape index (κ2) is 4.64. The number of hydrogen-bond donors (Lipinski definition) is 1. The average Bonchev–Trinajstić information content (AvgIpc) is 2.60. The van der Waals surface area contributed by atoms with E-state index in [0.717, 1.165) is 16.5 Å². The molecule has 18 heavy (non-hydrogen) atoms. The molecule has 4 heteroatoms. The zero-order valence-corrected chi connectivity index (χ0v) is 10.4. The molecule has 0 fully saturated rings. The molecule has 1 heterocycles. The first-order valence-corrected chi connectivity index (χ1v) is 5.83. The van der Waals surface area contributed by atoms with E-state index in [0.29, 0.717) is 13.0 Å². The number of carbonyl (C=O) groups is 2. The Hall–Kier alpha value is -2.10. The molecule has 0 atom stereocenters. The predicted octanol–water partition coefficient (Wildman–Crippen LogP) is 2.63. The molecular formula is C14H15NO3. The van der Waals surface area contributed by atoms with Crippen LogP contribution >= 0.6 is 0 Å². The first-order chi connectivity index (χ1) is 8.52. The highest BCUT2D eigenvalue weighted by Gasteiger charge is 2.19. The standard InChI is InChI=1S/C14H15NO3/c1-9(16)7-8-15-12-6-4-3-5-11(12)10(2)13(15)14(17)18/h3-6H,7-8H2,1-2H3,(H,17,18). The molecule has 2 aromatic rings. The van der Waals surface area contributed by atoms with Crippen molar-refractivity contribution in [3.63, 3.8) is 0 Å². The minimum atomic E-state index is -0.952. The van der Waals surface area contributed by atoms with Crippen LogP contribution in [0.3, 0.4) is 0 Å². The van der Waals surface area contributed by atoms with E-state index >= 15 is 0 Å². The summed E-state index contributed by atoms with van der Waals surface area (Å²) in [5.74, 6) is -0.894. The van der Waals surface area contributed by atoms with Gasteiger partial charge in [-0.1, -0.05) is 18.2 Å². The van der Waals surface area contributed by atoms with Gasteiger partial charge in [-0.25, -0.2) is 4.79 Å². The summed E-state index contributed by atoms with van der Waals surface area (Å²) >= 11 is 0. The van der Waals surface area contributed by atoms with E-state index in [1.54, 1.807) is 11.5 Å². The van der Waals surface area contributed by atoms with Crippen molar-refractivity contribution >= 4 is 22.7 Å². The Morgan fingerprint density at radius 2 is 1.94 bits per heavy atom. The first-order valence-electron chi connectivity index (χ1n) is 5.83. The van der Waals surface area contributed by atoms with Gasteiger partial charge < -0.3 is 9.67 Å². The second-order valence-corrected chi connectivity index (χ2v) is 4.40. The Labute approximate surface area is 105 Å². The minimum absolute atomic E-state index is 0.0572. The number of carboxylic acid groups (broad SMARTS) is 1. The lowest BCUT2D eigenvalue weighted by Gasteiger charge is -2.07. The Morgan fingerprint density at radius 1 is 1.28 bits per heavy atom. The minimum Gasteiger partial charge on any atom is -0.477 e. The van der Waals surface area contributed by atoms with E-state index in [1.165, 1.54) is 6.92 Å². The predicted molar refractivity (Wildman–Crippen MR) is 68.9 cm³/mol. The average molecular weight is 245 g/mol. The normalized spacial score (nSPS) is 10.8. The highest BCUT2D eigenvalue weighted by atomic mass is 16.4. The summed E-state index contributed by atoms with van der Waals surface area (Å²) in [6, 6.07) is 7.55. The molecule has 0 unspecified atom stereocenters. The lowest BCUT2D eigenvalue weighted by molar-refractivity contribution is -0.117. The van der Waals surface area contributed by atoms with Crippen LogP contribution in [0.1, 0.15) is 29.4 Å². The molecule has 1 aromatic carbocycles. The monoisotopic (exact) mass is 245 g/mol. The number of aromatic nitrogens is 1. The quantitative estimate of drug-likeness (QED) is 0.900. The molecule has 1 N–H and O–H groups in total. The van der Waals surface area contributed by atoms with E-state index in [4.69, 9.17) is 0 Å². The lowest BCUT2D eigenvalue weighted by atomic mass is 10.1. The van der Waals surface area contributed by atoms with Gasteiger partial charge in [0.25, 0.3) is 0 Å². The van der Waals surface area contributed by atoms with Gasteiger partial charge in [0.05, 0.1) is 0 Å². The van der Waals surface area contributed by atoms with Gasteiger partial charge in [-0.05, 0) is 25.5 Å². The van der Waals surface area contributed by atoms with Crippen LogP contribution in [0.15, 0.2) is 24.3 Å². The Morgan fingerprint density at radius 3 is 2.56 bits per heavy atom. The van der Waals surface area contributed by atoms with Gasteiger partial charge in [-0.3, -0.25) is 4.79 Å². The van der Waals surface area contributed by atoms with Crippen LogP contribution in [0.25, 0.3) is 10.9 Å². The van der Waals surface area contributed by atoms with E-state index in [9.17, 15) is 14.7 Å². The smallest absolute Gasteiger partial charge is 0.352 e. The van der Waals surface area contributed by atoms with Gasteiger partial charge in [0.2, 0.25) is 0 Å². The fourth-order valence-electron chi connectivity index (χ4n) is 2.25. The number of ketones is 1. The first kappa shape index (κ1) is 12.4. The van der Waals surface area contributed by atoms with E-state index in [1.807, 2.05) is 24.3 Å². The molecule has 94 valence electrons. The number of aromatic carboxylic acids is 1. The van der Waals surface area contributed by atoms with Crippen molar-refractivity contribution in [2.75, 3.05) is 0 Å². The molecular weight excluding hydrogens is 230 g/mol. The topological polar surface area (TPSA) is 59.3 Å².